The lowest BCUT2D eigenvalue weighted by atomic mass is 9.87. The highest BCUT2D eigenvalue weighted by Crippen LogP contribution is 2.31. The van der Waals surface area contributed by atoms with Crippen molar-refractivity contribution in [1.29, 1.82) is 0 Å². The molecule has 0 aromatic heterocycles. The molecule has 1 aliphatic rings. The van der Waals surface area contributed by atoms with E-state index in [2.05, 4.69) is 36.5 Å². The molecule has 2 aromatic carbocycles. The number of nitrogens with zero attached hydrogens (tertiary/aromatic N) is 1. The standard InChI is InChI=1S/C22H27N3O2/c1-16(18-10-6-3-7-11-18)19-12-13-25(15-19)21(26)20(24-22(23)27)14-17-8-4-2-5-9-17/h2-11,16,19-20H,12-15H2,1H3,(H3,23,24,27). The number of likely N-dealkylation sites (tertiary alicyclic amines) is 1. The molecule has 5 nitrogen and oxygen atoms in total. The van der Waals surface area contributed by atoms with Crippen molar-refractivity contribution in [2.45, 2.75) is 31.7 Å². The van der Waals surface area contributed by atoms with Crippen LogP contribution in [0.4, 0.5) is 4.79 Å². The first-order chi connectivity index (χ1) is 13.0. The third-order valence-electron chi connectivity index (χ3n) is 5.47. The first kappa shape index (κ1) is 19.0. The molecule has 3 N–H and O–H groups in total. The first-order valence-corrected chi connectivity index (χ1v) is 9.48. The minimum absolute atomic E-state index is 0.0552. The van der Waals surface area contributed by atoms with Gasteiger partial charge < -0.3 is 16.0 Å². The molecular weight excluding hydrogens is 338 g/mol. The zero-order valence-corrected chi connectivity index (χ0v) is 15.7. The monoisotopic (exact) mass is 365 g/mol. The molecule has 2 aromatic rings. The highest BCUT2D eigenvalue weighted by Gasteiger charge is 2.34. The van der Waals surface area contributed by atoms with Gasteiger partial charge in [-0.3, -0.25) is 4.79 Å². The summed E-state index contributed by atoms with van der Waals surface area (Å²) in [5.41, 5.74) is 7.61. The summed E-state index contributed by atoms with van der Waals surface area (Å²) in [4.78, 5) is 26.3. The van der Waals surface area contributed by atoms with Crippen LogP contribution in [0.2, 0.25) is 0 Å². The number of hydrogen-bond donors (Lipinski definition) is 2. The minimum atomic E-state index is -0.669. The van der Waals surface area contributed by atoms with Gasteiger partial charge >= 0.3 is 6.03 Å². The number of urea groups is 1. The zero-order chi connectivity index (χ0) is 19.2. The number of carbonyl (C=O) groups is 2. The summed E-state index contributed by atoms with van der Waals surface area (Å²) in [5.74, 6) is 0.753. The molecule has 5 heteroatoms. The quantitative estimate of drug-likeness (QED) is 0.826. The van der Waals surface area contributed by atoms with Crippen molar-refractivity contribution in [3.8, 4) is 0 Å². The third kappa shape index (κ3) is 4.88. The Bertz CT molecular complexity index is 764. The van der Waals surface area contributed by atoms with Gasteiger partial charge in [-0.05, 0) is 29.4 Å². The van der Waals surface area contributed by atoms with Gasteiger partial charge in [0.25, 0.3) is 0 Å². The Kier molecular flexibility index (Phi) is 6.12. The van der Waals surface area contributed by atoms with Crippen molar-refractivity contribution < 1.29 is 9.59 Å². The number of hydrogen-bond acceptors (Lipinski definition) is 2. The smallest absolute Gasteiger partial charge is 0.312 e. The van der Waals surface area contributed by atoms with Gasteiger partial charge in [-0.1, -0.05) is 67.6 Å². The number of carbonyl (C=O) groups excluding carboxylic acids is 2. The molecule has 1 aliphatic heterocycles. The maximum absolute atomic E-state index is 13.0. The van der Waals surface area contributed by atoms with E-state index < -0.39 is 12.1 Å². The van der Waals surface area contributed by atoms with E-state index in [4.69, 9.17) is 5.73 Å². The average Bonchev–Trinajstić information content (AvgIpc) is 3.17. The number of rotatable bonds is 6. The maximum Gasteiger partial charge on any atom is 0.312 e. The van der Waals surface area contributed by atoms with Crippen LogP contribution in [0.15, 0.2) is 60.7 Å². The molecule has 0 spiro atoms. The normalized spacial score (nSPS) is 18.7. The predicted molar refractivity (Wildman–Crippen MR) is 106 cm³/mol. The molecule has 3 atom stereocenters. The Hall–Kier alpha value is -2.82. The van der Waals surface area contributed by atoms with E-state index in [1.165, 1.54) is 5.56 Å². The molecule has 0 saturated carbocycles. The predicted octanol–water partition coefficient (Wildman–Crippen LogP) is 2.92. The average molecular weight is 365 g/mol. The Morgan fingerprint density at radius 2 is 1.74 bits per heavy atom. The van der Waals surface area contributed by atoms with E-state index in [0.29, 0.717) is 31.3 Å². The van der Waals surface area contributed by atoms with E-state index >= 15 is 0 Å². The van der Waals surface area contributed by atoms with E-state index in [0.717, 1.165) is 12.0 Å². The number of amides is 3. The van der Waals surface area contributed by atoms with Crippen molar-refractivity contribution >= 4 is 11.9 Å². The minimum Gasteiger partial charge on any atom is -0.352 e. The second kappa shape index (κ2) is 8.71. The largest absolute Gasteiger partial charge is 0.352 e. The number of benzene rings is 2. The van der Waals surface area contributed by atoms with Crippen LogP contribution in [0.1, 0.15) is 30.4 Å². The topological polar surface area (TPSA) is 75.4 Å². The molecule has 0 radical (unpaired) electrons. The van der Waals surface area contributed by atoms with Crippen LogP contribution in [0, 0.1) is 5.92 Å². The molecule has 142 valence electrons. The van der Waals surface area contributed by atoms with Crippen molar-refractivity contribution in [1.82, 2.24) is 10.2 Å². The molecular formula is C22H27N3O2. The van der Waals surface area contributed by atoms with Crippen LogP contribution < -0.4 is 11.1 Å². The van der Waals surface area contributed by atoms with Gasteiger partial charge in [0.15, 0.2) is 0 Å². The van der Waals surface area contributed by atoms with Crippen LogP contribution in [0.5, 0.6) is 0 Å². The highest BCUT2D eigenvalue weighted by atomic mass is 16.2. The van der Waals surface area contributed by atoms with Crippen LogP contribution in [-0.4, -0.2) is 36.0 Å². The number of nitrogens with two attached hydrogens (primary N) is 1. The van der Waals surface area contributed by atoms with E-state index in [9.17, 15) is 9.59 Å². The maximum atomic E-state index is 13.0. The molecule has 1 fully saturated rings. The van der Waals surface area contributed by atoms with Gasteiger partial charge in [-0.25, -0.2) is 4.79 Å². The summed E-state index contributed by atoms with van der Waals surface area (Å²) in [5, 5.41) is 2.63. The Balaban J connectivity index is 1.66. The van der Waals surface area contributed by atoms with Gasteiger partial charge in [0.05, 0.1) is 0 Å². The fourth-order valence-electron chi connectivity index (χ4n) is 3.87. The summed E-state index contributed by atoms with van der Waals surface area (Å²) >= 11 is 0. The van der Waals surface area contributed by atoms with Crippen LogP contribution in [-0.2, 0) is 11.2 Å². The summed E-state index contributed by atoms with van der Waals surface area (Å²) in [7, 11) is 0. The Labute approximate surface area is 160 Å². The van der Waals surface area contributed by atoms with E-state index in [-0.39, 0.29) is 5.91 Å². The van der Waals surface area contributed by atoms with Gasteiger partial charge in [0, 0.05) is 19.5 Å². The number of nitrogens with one attached hydrogen (secondary N) is 1. The Morgan fingerprint density at radius 1 is 1.11 bits per heavy atom. The summed E-state index contributed by atoms with van der Waals surface area (Å²) < 4.78 is 0. The summed E-state index contributed by atoms with van der Waals surface area (Å²) in [6.07, 6.45) is 1.41. The molecule has 3 unspecified atom stereocenters. The lowest BCUT2D eigenvalue weighted by Crippen LogP contribution is -2.50. The molecule has 1 heterocycles. The number of primary amides is 1. The zero-order valence-electron chi connectivity index (χ0n) is 15.7. The van der Waals surface area contributed by atoms with Gasteiger partial charge in [-0.15, -0.1) is 0 Å². The van der Waals surface area contributed by atoms with Gasteiger partial charge in [0.1, 0.15) is 6.04 Å². The lowest BCUT2D eigenvalue weighted by Gasteiger charge is -2.25. The van der Waals surface area contributed by atoms with Crippen molar-refractivity contribution in [2.24, 2.45) is 11.7 Å². The molecule has 1 saturated heterocycles. The Morgan fingerprint density at radius 3 is 2.37 bits per heavy atom. The molecule has 0 bridgehead atoms. The lowest BCUT2D eigenvalue weighted by molar-refractivity contribution is -0.132. The highest BCUT2D eigenvalue weighted by molar-refractivity contribution is 5.87. The molecule has 3 amide bonds. The summed E-state index contributed by atoms with van der Waals surface area (Å²) in [6, 6.07) is 18.8. The fourth-order valence-corrected chi connectivity index (χ4v) is 3.87. The summed E-state index contributed by atoms with van der Waals surface area (Å²) in [6.45, 7) is 3.64. The van der Waals surface area contributed by atoms with Crippen molar-refractivity contribution in [3.05, 3.63) is 71.8 Å². The van der Waals surface area contributed by atoms with Crippen LogP contribution >= 0.6 is 0 Å². The molecule has 0 aliphatic carbocycles. The fraction of sp³-hybridized carbons (Fsp3) is 0.364. The van der Waals surface area contributed by atoms with Crippen LogP contribution in [0.3, 0.4) is 0 Å². The van der Waals surface area contributed by atoms with E-state index in [1.54, 1.807) is 0 Å². The SMILES string of the molecule is CC(c1ccccc1)C1CCN(C(=O)C(Cc2ccccc2)NC(N)=O)C1. The van der Waals surface area contributed by atoms with Gasteiger partial charge in [0.2, 0.25) is 5.91 Å². The van der Waals surface area contributed by atoms with Crippen LogP contribution in [0.25, 0.3) is 0 Å². The van der Waals surface area contributed by atoms with E-state index in [1.807, 2.05) is 41.3 Å². The van der Waals surface area contributed by atoms with Crippen molar-refractivity contribution in [3.63, 3.8) is 0 Å². The molecule has 3 rings (SSSR count). The second-order valence-electron chi connectivity index (χ2n) is 7.28. The van der Waals surface area contributed by atoms with Gasteiger partial charge in [-0.2, -0.15) is 0 Å². The second-order valence-corrected chi connectivity index (χ2v) is 7.28. The third-order valence-corrected chi connectivity index (χ3v) is 5.47. The van der Waals surface area contributed by atoms with Crippen molar-refractivity contribution in [2.75, 3.05) is 13.1 Å². The first-order valence-electron chi connectivity index (χ1n) is 9.48. The molecule has 27 heavy (non-hydrogen) atoms.